The molecule has 1 saturated carbocycles. The van der Waals surface area contributed by atoms with E-state index in [1.807, 2.05) is 0 Å². The molecule has 1 saturated heterocycles. The Morgan fingerprint density at radius 1 is 1.19 bits per heavy atom. The van der Waals surface area contributed by atoms with E-state index in [9.17, 15) is 0 Å². The molecule has 2 unspecified atom stereocenters. The SMILES string of the molecule is CCC(CC)N1CC(C)(c2ccccc2)NCC1C1CC1. The summed E-state index contributed by atoms with van der Waals surface area (Å²) in [5.41, 5.74) is 1.52. The average molecular weight is 286 g/mol. The largest absolute Gasteiger partial charge is 0.305 e. The Morgan fingerprint density at radius 3 is 2.43 bits per heavy atom. The van der Waals surface area contributed by atoms with Crippen molar-refractivity contribution < 1.29 is 0 Å². The highest BCUT2D eigenvalue weighted by Crippen LogP contribution is 2.40. The quantitative estimate of drug-likeness (QED) is 0.886. The van der Waals surface area contributed by atoms with Crippen molar-refractivity contribution in [1.29, 1.82) is 0 Å². The lowest BCUT2D eigenvalue weighted by Crippen LogP contribution is -2.64. The van der Waals surface area contributed by atoms with Crippen molar-refractivity contribution in [3.8, 4) is 0 Å². The van der Waals surface area contributed by atoms with Crippen molar-refractivity contribution in [3.05, 3.63) is 35.9 Å². The summed E-state index contributed by atoms with van der Waals surface area (Å²) in [5.74, 6) is 0.943. The lowest BCUT2D eigenvalue weighted by atomic mass is 9.86. The van der Waals surface area contributed by atoms with Crippen LogP contribution in [0.1, 0.15) is 52.0 Å². The number of hydrogen-bond acceptors (Lipinski definition) is 2. The van der Waals surface area contributed by atoms with Crippen LogP contribution >= 0.6 is 0 Å². The first-order valence-corrected chi connectivity index (χ1v) is 8.74. The molecule has 3 rings (SSSR count). The number of nitrogens with zero attached hydrogens (tertiary/aromatic N) is 1. The predicted octanol–water partition coefficient (Wildman–Crippen LogP) is 3.77. The van der Waals surface area contributed by atoms with Gasteiger partial charge in [0.05, 0.1) is 5.54 Å². The van der Waals surface area contributed by atoms with Gasteiger partial charge in [-0.2, -0.15) is 0 Å². The Labute approximate surface area is 129 Å². The van der Waals surface area contributed by atoms with Crippen LogP contribution in [0.4, 0.5) is 0 Å². The van der Waals surface area contributed by atoms with E-state index in [4.69, 9.17) is 0 Å². The van der Waals surface area contributed by atoms with E-state index in [2.05, 4.69) is 61.3 Å². The van der Waals surface area contributed by atoms with Crippen molar-refractivity contribution in [2.24, 2.45) is 5.92 Å². The zero-order chi connectivity index (χ0) is 14.9. The molecule has 0 bridgehead atoms. The maximum absolute atomic E-state index is 3.87. The number of benzene rings is 1. The fourth-order valence-corrected chi connectivity index (χ4v) is 4.06. The van der Waals surface area contributed by atoms with Crippen LogP contribution in [0.15, 0.2) is 30.3 Å². The molecule has 2 aliphatic rings. The molecule has 2 nitrogen and oxygen atoms in total. The standard InChI is InChI=1S/C19H30N2/c1-4-17(5-2)21-14-19(3,16-9-7-6-8-10-16)20-13-18(21)15-11-12-15/h6-10,15,17-18,20H,4-5,11-14H2,1-3H3. The van der Waals surface area contributed by atoms with E-state index in [-0.39, 0.29) is 5.54 Å². The first-order valence-electron chi connectivity index (χ1n) is 8.74. The molecule has 1 N–H and O–H groups in total. The molecule has 1 aliphatic carbocycles. The molecule has 0 spiro atoms. The average Bonchev–Trinajstić information content (AvgIpc) is 3.34. The molecular weight excluding hydrogens is 256 g/mol. The number of nitrogens with one attached hydrogen (secondary N) is 1. The van der Waals surface area contributed by atoms with Crippen LogP contribution in [-0.4, -0.2) is 30.1 Å². The molecule has 21 heavy (non-hydrogen) atoms. The summed E-state index contributed by atoms with van der Waals surface area (Å²) in [4.78, 5) is 2.83. The monoisotopic (exact) mass is 286 g/mol. The normalized spacial score (nSPS) is 30.8. The third kappa shape index (κ3) is 3.02. The summed E-state index contributed by atoms with van der Waals surface area (Å²) < 4.78 is 0. The summed E-state index contributed by atoms with van der Waals surface area (Å²) in [5, 5.41) is 3.87. The highest BCUT2D eigenvalue weighted by Gasteiger charge is 2.44. The minimum atomic E-state index is 0.0925. The second-order valence-electron chi connectivity index (χ2n) is 7.13. The van der Waals surface area contributed by atoms with Gasteiger partial charge in [-0.25, -0.2) is 0 Å². The fraction of sp³-hybridized carbons (Fsp3) is 0.684. The van der Waals surface area contributed by atoms with Gasteiger partial charge in [0.15, 0.2) is 0 Å². The Hall–Kier alpha value is -0.860. The molecule has 0 aromatic heterocycles. The van der Waals surface area contributed by atoms with Gasteiger partial charge < -0.3 is 5.32 Å². The van der Waals surface area contributed by atoms with Crippen LogP contribution < -0.4 is 5.32 Å². The maximum Gasteiger partial charge on any atom is 0.0535 e. The molecule has 1 heterocycles. The predicted molar refractivity (Wildman–Crippen MR) is 89.4 cm³/mol. The van der Waals surface area contributed by atoms with Crippen molar-refractivity contribution in [3.63, 3.8) is 0 Å². The van der Waals surface area contributed by atoms with Crippen molar-refractivity contribution in [1.82, 2.24) is 10.2 Å². The Balaban J connectivity index is 1.83. The van der Waals surface area contributed by atoms with E-state index in [0.29, 0.717) is 0 Å². The molecule has 2 heteroatoms. The number of rotatable bonds is 5. The smallest absolute Gasteiger partial charge is 0.0535 e. The van der Waals surface area contributed by atoms with Gasteiger partial charge in [0, 0.05) is 25.2 Å². The fourth-order valence-electron chi connectivity index (χ4n) is 4.06. The third-order valence-corrected chi connectivity index (χ3v) is 5.61. The highest BCUT2D eigenvalue weighted by atomic mass is 15.3. The van der Waals surface area contributed by atoms with E-state index in [1.54, 1.807) is 0 Å². The number of piperazine rings is 1. The van der Waals surface area contributed by atoms with E-state index >= 15 is 0 Å². The molecule has 2 fully saturated rings. The van der Waals surface area contributed by atoms with Crippen molar-refractivity contribution >= 4 is 0 Å². The summed E-state index contributed by atoms with van der Waals surface area (Å²) in [7, 11) is 0. The van der Waals surface area contributed by atoms with Gasteiger partial charge in [-0.1, -0.05) is 44.2 Å². The van der Waals surface area contributed by atoms with Crippen LogP contribution in [0.3, 0.4) is 0 Å². The van der Waals surface area contributed by atoms with Crippen LogP contribution in [0.5, 0.6) is 0 Å². The molecule has 1 aromatic carbocycles. The minimum Gasteiger partial charge on any atom is -0.305 e. The Bertz CT molecular complexity index is 450. The van der Waals surface area contributed by atoms with Gasteiger partial charge in [0.25, 0.3) is 0 Å². The van der Waals surface area contributed by atoms with Gasteiger partial charge in [0.1, 0.15) is 0 Å². The molecular formula is C19H30N2. The van der Waals surface area contributed by atoms with E-state index < -0.39 is 0 Å². The zero-order valence-corrected chi connectivity index (χ0v) is 13.8. The first kappa shape index (κ1) is 15.1. The first-order chi connectivity index (χ1) is 10.2. The van der Waals surface area contributed by atoms with Gasteiger partial charge >= 0.3 is 0 Å². The van der Waals surface area contributed by atoms with Gasteiger partial charge in [-0.15, -0.1) is 0 Å². The zero-order valence-electron chi connectivity index (χ0n) is 13.8. The van der Waals surface area contributed by atoms with Gasteiger partial charge in [-0.05, 0) is 44.1 Å². The topological polar surface area (TPSA) is 15.3 Å². The molecule has 0 radical (unpaired) electrons. The van der Waals surface area contributed by atoms with Crippen molar-refractivity contribution in [2.45, 2.75) is 64.1 Å². The lowest BCUT2D eigenvalue weighted by molar-refractivity contribution is 0.0322. The molecule has 1 aliphatic heterocycles. The summed E-state index contributed by atoms with van der Waals surface area (Å²) >= 11 is 0. The summed E-state index contributed by atoms with van der Waals surface area (Å²) in [6.07, 6.45) is 5.41. The second kappa shape index (κ2) is 6.10. The van der Waals surface area contributed by atoms with Crippen LogP contribution in [0.25, 0.3) is 0 Å². The van der Waals surface area contributed by atoms with E-state index in [1.165, 1.54) is 31.2 Å². The van der Waals surface area contributed by atoms with Crippen molar-refractivity contribution in [2.75, 3.05) is 13.1 Å². The van der Waals surface area contributed by atoms with Gasteiger partial charge in [0.2, 0.25) is 0 Å². The highest BCUT2D eigenvalue weighted by molar-refractivity contribution is 5.25. The number of hydrogen-bond donors (Lipinski definition) is 1. The van der Waals surface area contributed by atoms with Crippen LogP contribution in [-0.2, 0) is 5.54 Å². The second-order valence-corrected chi connectivity index (χ2v) is 7.13. The lowest BCUT2D eigenvalue weighted by Gasteiger charge is -2.50. The third-order valence-electron chi connectivity index (χ3n) is 5.61. The Kier molecular flexibility index (Phi) is 4.37. The minimum absolute atomic E-state index is 0.0925. The summed E-state index contributed by atoms with van der Waals surface area (Å²) in [6, 6.07) is 12.5. The molecule has 1 aromatic rings. The van der Waals surface area contributed by atoms with Crippen LogP contribution in [0, 0.1) is 5.92 Å². The molecule has 116 valence electrons. The Morgan fingerprint density at radius 2 is 1.86 bits per heavy atom. The summed E-state index contributed by atoms with van der Waals surface area (Å²) in [6.45, 7) is 9.36. The van der Waals surface area contributed by atoms with Gasteiger partial charge in [-0.3, -0.25) is 4.90 Å². The molecule has 0 amide bonds. The van der Waals surface area contributed by atoms with E-state index in [0.717, 1.165) is 31.1 Å². The molecule has 2 atom stereocenters. The maximum atomic E-state index is 3.87. The van der Waals surface area contributed by atoms with Crippen LogP contribution in [0.2, 0.25) is 0 Å².